The molecule has 1 aromatic heterocycles. The Kier molecular flexibility index (Phi) is 3.93. The van der Waals surface area contributed by atoms with Gasteiger partial charge in [0.2, 0.25) is 5.95 Å². The lowest BCUT2D eigenvalue weighted by molar-refractivity contribution is 0.630. The second-order valence-electron chi connectivity index (χ2n) is 6.03. The molecule has 0 aliphatic heterocycles. The smallest absolute Gasteiger partial charge is 0.229 e. The number of nitrogens with zero attached hydrogens (tertiary/aromatic N) is 2. The molecule has 0 radical (unpaired) electrons. The van der Waals surface area contributed by atoms with Crippen LogP contribution in [0.15, 0.2) is 30.3 Å². The van der Waals surface area contributed by atoms with Crippen LogP contribution in [0.3, 0.4) is 0 Å². The largest absolute Gasteiger partial charge is 0.365 e. The van der Waals surface area contributed by atoms with Gasteiger partial charge in [-0.15, -0.1) is 0 Å². The molecule has 4 nitrogen and oxygen atoms in total. The number of benzene rings is 1. The summed E-state index contributed by atoms with van der Waals surface area (Å²) in [5.41, 5.74) is 3.10. The fraction of sp³-hybridized carbons (Fsp3) is 0.375. The summed E-state index contributed by atoms with van der Waals surface area (Å²) in [5, 5.41) is 6.65. The Bertz CT molecular complexity index is 600. The number of para-hydroxylation sites is 1. The molecule has 4 heteroatoms. The average Bonchev–Trinajstić information content (AvgIpc) is 2.29. The lowest BCUT2D eigenvalue weighted by Crippen LogP contribution is -2.27. The van der Waals surface area contributed by atoms with Gasteiger partial charge in [-0.2, -0.15) is 4.98 Å². The molecule has 0 amide bonds. The van der Waals surface area contributed by atoms with Crippen LogP contribution in [-0.2, 0) is 0 Å². The highest BCUT2D eigenvalue weighted by Crippen LogP contribution is 2.20. The number of anilines is 3. The fourth-order valence-corrected chi connectivity index (χ4v) is 1.91. The molecule has 0 saturated heterocycles. The Hall–Kier alpha value is -2.10. The van der Waals surface area contributed by atoms with E-state index >= 15 is 0 Å². The van der Waals surface area contributed by atoms with Crippen molar-refractivity contribution < 1.29 is 0 Å². The third-order valence-corrected chi connectivity index (χ3v) is 2.75. The zero-order chi connectivity index (χ0) is 14.8. The molecule has 0 saturated carbocycles. The number of aromatic nitrogens is 2. The third-order valence-electron chi connectivity index (χ3n) is 2.75. The van der Waals surface area contributed by atoms with Crippen molar-refractivity contribution in [3.63, 3.8) is 0 Å². The Labute approximate surface area is 120 Å². The standard InChI is InChI=1S/C16H22N4/c1-11-8-6-7-9-13(11)18-15-17-12(2)10-14(19-15)20-16(3,4)5/h6-10H,1-5H3,(H2,17,18,19,20). The summed E-state index contributed by atoms with van der Waals surface area (Å²) < 4.78 is 0. The van der Waals surface area contributed by atoms with Crippen LogP contribution in [0.2, 0.25) is 0 Å². The molecule has 0 atom stereocenters. The summed E-state index contributed by atoms with van der Waals surface area (Å²) in [6.45, 7) is 10.4. The molecule has 2 rings (SSSR count). The highest BCUT2D eigenvalue weighted by Gasteiger charge is 2.12. The Balaban J connectivity index is 2.27. The number of hydrogen-bond acceptors (Lipinski definition) is 4. The van der Waals surface area contributed by atoms with Crippen molar-refractivity contribution in [2.45, 2.75) is 40.2 Å². The summed E-state index contributed by atoms with van der Waals surface area (Å²) in [5.74, 6) is 1.45. The summed E-state index contributed by atoms with van der Waals surface area (Å²) >= 11 is 0. The van der Waals surface area contributed by atoms with Crippen LogP contribution in [0.5, 0.6) is 0 Å². The van der Waals surface area contributed by atoms with Gasteiger partial charge in [-0.3, -0.25) is 0 Å². The van der Waals surface area contributed by atoms with Crippen molar-refractivity contribution in [2.24, 2.45) is 0 Å². The first-order valence-corrected chi connectivity index (χ1v) is 6.80. The van der Waals surface area contributed by atoms with Gasteiger partial charge in [0.1, 0.15) is 5.82 Å². The van der Waals surface area contributed by atoms with E-state index in [-0.39, 0.29) is 5.54 Å². The third kappa shape index (κ3) is 3.95. The van der Waals surface area contributed by atoms with Crippen molar-refractivity contribution in [3.05, 3.63) is 41.6 Å². The summed E-state index contributed by atoms with van der Waals surface area (Å²) in [4.78, 5) is 8.96. The van der Waals surface area contributed by atoms with Gasteiger partial charge < -0.3 is 10.6 Å². The first-order valence-electron chi connectivity index (χ1n) is 6.80. The van der Waals surface area contributed by atoms with E-state index in [2.05, 4.69) is 54.4 Å². The highest BCUT2D eigenvalue weighted by molar-refractivity contribution is 5.59. The fourth-order valence-electron chi connectivity index (χ4n) is 1.91. The molecule has 20 heavy (non-hydrogen) atoms. The van der Waals surface area contributed by atoms with Gasteiger partial charge >= 0.3 is 0 Å². The van der Waals surface area contributed by atoms with Crippen molar-refractivity contribution in [3.8, 4) is 0 Å². The molecule has 0 aliphatic carbocycles. The number of rotatable bonds is 3. The zero-order valence-electron chi connectivity index (χ0n) is 12.8. The molecule has 2 aromatic rings. The van der Waals surface area contributed by atoms with Gasteiger partial charge in [0.25, 0.3) is 0 Å². The summed E-state index contributed by atoms with van der Waals surface area (Å²) in [6.07, 6.45) is 0. The Morgan fingerprint density at radius 3 is 2.35 bits per heavy atom. The van der Waals surface area contributed by atoms with Crippen LogP contribution in [-0.4, -0.2) is 15.5 Å². The van der Waals surface area contributed by atoms with Crippen molar-refractivity contribution >= 4 is 17.5 Å². The highest BCUT2D eigenvalue weighted by atomic mass is 15.2. The monoisotopic (exact) mass is 270 g/mol. The number of aryl methyl sites for hydroxylation is 2. The average molecular weight is 270 g/mol. The van der Waals surface area contributed by atoms with Gasteiger partial charge in [0, 0.05) is 23.0 Å². The van der Waals surface area contributed by atoms with E-state index in [9.17, 15) is 0 Å². The Morgan fingerprint density at radius 1 is 1.00 bits per heavy atom. The predicted octanol–water partition coefficient (Wildman–Crippen LogP) is 4.05. The molecule has 2 N–H and O–H groups in total. The maximum Gasteiger partial charge on any atom is 0.229 e. The number of nitrogens with one attached hydrogen (secondary N) is 2. The van der Waals surface area contributed by atoms with E-state index in [0.717, 1.165) is 17.2 Å². The van der Waals surface area contributed by atoms with Crippen LogP contribution < -0.4 is 10.6 Å². The molecule has 0 spiro atoms. The van der Waals surface area contributed by atoms with Crippen LogP contribution in [0.4, 0.5) is 17.5 Å². The minimum absolute atomic E-state index is 0.0271. The van der Waals surface area contributed by atoms with E-state index in [1.807, 2.05) is 31.2 Å². The van der Waals surface area contributed by atoms with Gasteiger partial charge in [0.05, 0.1) is 0 Å². The van der Waals surface area contributed by atoms with E-state index in [1.54, 1.807) is 0 Å². The second kappa shape index (κ2) is 5.49. The molecule has 106 valence electrons. The van der Waals surface area contributed by atoms with E-state index in [1.165, 1.54) is 5.56 Å². The second-order valence-corrected chi connectivity index (χ2v) is 6.03. The maximum atomic E-state index is 4.52. The number of hydrogen-bond donors (Lipinski definition) is 2. The van der Waals surface area contributed by atoms with E-state index < -0.39 is 0 Å². The van der Waals surface area contributed by atoms with Crippen LogP contribution in [0.25, 0.3) is 0 Å². The quantitative estimate of drug-likeness (QED) is 0.883. The molecular weight excluding hydrogens is 248 g/mol. The van der Waals surface area contributed by atoms with E-state index in [4.69, 9.17) is 0 Å². The van der Waals surface area contributed by atoms with Crippen molar-refractivity contribution in [1.29, 1.82) is 0 Å². The zero-order valence-corrected chi connectivity index (χ0v) is 12.8. The lowest BCUT2D eigenvalue weighted by atomic mass is 10.1. The van der Waals surface area contributed by atoms with Gasteiger partial charge in [-0.25, -0.2) is 4.98 Å². The summed E-state index contributed by atoms with van der Waals surface area (Å²) in [6, 6.07) is 10.1. The summed E-state index contributed by atoms with van der Waals surface area (Å²) in [7, 11) is 0. The first kappa shape index (κ1) is 14.3. The first-order chi connectivity index (χ1) is 9.33. The van der Waals surface area contributed by atoms with Crippen molar-refractivity contribution in [1.82, 2.24) is 9.97 Å². The van der Waals surface area contributed by atoms with Crippen LogP contribution in [0.1, 0.15) is 32.0 Å². The predicted molar refractivity (Wildman–Crippen MR) is 84.6 cm³/mol. The molecule has 0 aliphatic rings. The van der Waals surface area contributed by atoms with E-state index in [0.29, 0.717) is 5.95 Å². The lowest BCUT2D eigenvalue weighted by Gasteiger charge is -2.21. The minimum Gasteiger partial charge on any atom is -0.365 e. The molecule has 1 aromatic carbocycles. The molecule has 1 heterocycles. The van der Waals surface area contributed by atoms with Crippen molar-refractivity contribution in [2.75, 3.05) is 10.6 Å². The Morgan fingerprint density at radius 2 is 1.70 bits per heavy atom. The molecule has 0 fully saturated rings. The maximum absolute atomic E-state index is 4.52. The van der Waals surface area contributed by atoms with Gasteiger partial charge in [0.15, 0.2) is 0 Å². The van der Waals surface area contributed by atoms with Crippen LogP contribution >= 0.6 is 0 Å². The molecule has 0 unspecified atom stereocenters. The SMILES string of the molecule is Cc1cc(NC(C)(C)C)nc(Nc2ccccc2C)n1. The van der Waals surface area contributed by atoms with Crippen LogP contribution in [0, 0.1) is 13.8 Å². The minimum atomic E-state index is -0.0271. The molecular formula is C16H22N4. The van der Waals surface area contributed by atoms with Gasteiger partial charge in [-0.1, -0.05) is 18.2 Å². The topological polar surface area (TPSA) is 49.8 Å². The van der Waals surface area contributed by atoms with Gasteiger partial charge in [-0.05, 0) is 46.2 Å². The molecule has 0 bridgehead atoms. The normalized spacial score (nSPS) is 11.2.